The van der Waals surface area contributed by atoms with Crippen molar-refractivity contribution >= 4 is 26.9 Å². The first-order chi connectivity index (χ1) is 12.3. The smallest absolute Gasteiger partial charge is 0.287 e. The van der Waals surface area contributed by atoms with Crippen LogP contribution in [0.25, 0.3) is 11.0 Å². The predicted molar refractivity (Wildman–Crippen MR) is 99.4 cm³/mol. The molecule has 0 unspecified atom stereocenters. The van der Waals surface area contributed by atoms with E-state index in [1.165, 1.54) is 20.2 Å². The molecule has 0 aliphatic rings. The Kier molecular flexibility index (Phi) is 4.84. The lowest BCUT2D eigenvalue weighted by molar-refractivity contribution is 0.0925. The van der Waals surface area contributed by atoms with Gasteiger partial charge in [0.2, 0.25) is 10.0 Å². The molecule has 136 valence electrons. The van der Waals surface area contributed by atoms with Gasteiger partial charge in [0.05, 0.1) is 4.90 Å². The van der Waals surface area contributed by atoms with E-state index < -0.39 is 15.9 Å². The van der Waals surface area contributed by atoms with Crippen molar-refractivity contribution in [3.63, 3.8) is 0 Å². The summed E-state index contributed by atoms with van der Waals surface area (Å²) >= 11 is 0. The minimum atomic E-state index is -3.59. The summed E-state index contributed by atoms with van der Waals surface area (Å²) in [5.74, 6) is -0.200. The Morgan fingerprint density at radius 3 is 2.58 bits per heavy atom. The van der Waals surface area contributed by atoms with Gasteiger partial charge in [0.15, 0.2) is 5.76 Å². The van der Waals surface area contributed by atoms with Gasteiger partial charge in [-0.3, -0.25) is 4.79 Å². The number of rotatable bonds is 5. The van der Waals surface area contributed by atoms with Crippen molar-refractivity contribution in [1.82, 2.24) is 9.62 Å². The Balaban J connectivity index is 1.81. The molecule has 0 radical (unpaired) electrons. The van der Waals surface area contributed by atoms with E-state index in [0.717, 1.165) is 15.3 Å². The number of carbonyl (C=O) groups excluding carboxylic acids is 1. The zero-order valence-electron chi connectivity index (χ0n) is 14.8. The molecule has 2 aromatic carbocycles. The summed E-state index contributed by atoms with van der Waals surface area (Å²) in [6.45, 7) is 2.05. The van der Waals surface area contributed by atoms with Crippen molar-refractivity contribution < 1.29 is 17.6 Å². The Hall–Kier alpha value is -2.64. The lowest BCUT2D eigenvalue weighted by atomic mass is 10.2. The average Bonchev–Trinajstić information content (AvgIpc) is 3.03. The van der Waals surface area contributed by atoms with E-state index in [9.17, 15) is 13.2 Å². The molecule has 3 rings (SSSR count). The molecule has 0 bridgehead atoms. The Labute approximate surface area is 152 Å². The van der Waals surface area contributed by atoms with E-state index in [0.29, 0.717) is 11.1 Å². The fraction of sp³-hybridized carbons (Fsp3) is 0.211. The Bertz CT molecular complexity index is 1070. The van der Waals surface area contributed by atoms with Crippen molar-refractivity contribution in [2.24, 2.45) is 0 Å². The molecule has 0 saturated heterocycles. The number of sulfonamides is 1. The van der Waals surface area contributed by atoms with Gasteiger partial charge < -0.3 is 9.73 Å². The molecule has 0 saturated carbocycles. The van der Waals surface area contributed by atoms with Crippen LogP contribution < -0.4 is 5.32 Å². The van der Waals surface area contributed by atoms with Gasteiger partial charge in [-0.2, -0.15) is 0 Å². The monoisotopic (exact) mass is 372 g/mol. The fourth-order valence-corrected chi connectivity index (χ4v) is 3.75. The second-order valence-corrected chi connectivity index (χ2v) is 8.35. The molecule has 7 heteroatoms. The summed E-state index contributed by atoms with van der Waals surface area (Å²) in [7, 11) is -0.640. The molecule has 1 N–H and O–H groups in total. The number of amides is 1. The first-order valence-electron chi connectivity index (χ1n) is 8.08. The van der Waals surface area contributed by atoms with Crippen LogP contribution in [0.2, 0.25) is 0 Å². The number of carbonyl (C=O) groups is 1. The fourth-order valence-electron chi connectivity index (χ4n) is 2.64. The van der Waals surface area contributed by atoms with Crippen LogP contribution in [0.5, 0.6) is 0 Å². The third-order valence-corrected chi connectivity index (χ3v) is 5.98. The van der Waals surface area contributed by atoms with Gasteiger partial charge in [0.1, 0.15) is 5.58 Å². The van der Waals surface area contributed by atoms with Crippen molar-refractivity contribution in [2.45, 2.75) is 18.4 Å². The minimum Gasteiger partial charge on any atom is -0.451 e. The zero-order chi connectivity index (χ0) is 18.9. The van der Waals surface area contributed by atoms with E-state index in [-0.39, 0.29) is 17.2 Å². The number of fused-ring (bicyclic) bond motifs is 1. The second kappa shape index (κ2) is 6.93. The van der Waals surface area contributed by atoms with Crippen LogP contribution in [0.3, 0.4) is 0 Å². The van der Waals surface area contributed by atoms with Gasteiger partial charge in [-0.1, -0.05) is 29.8 Å². The SMILES string of the molecule is Cc1ccc2oc(C(=O)NCc3ccccc3S(=O)(=O)N(C)C)cc2c1. The quantitative estimate of drug-likeness (QED) is 0.747. The maximum absolute atomic E-state index is 12.4. The molecule has 26 heavy (non-hydrogen) atoms. The molecule has 6 nitrogen and oxygen atoms in total. The molecule has 0 fully saturated rings. The number of benzene rings is 2. The van der Waals surface area contributed by atoms with Crippen molar-refractivity contribution in [3.05, 3.63) is 65.4 Å². The van der Waals surface area contributed by atoms with Crippen LogP contribution >= 0.6 is 0 Å². The highest BCUT2D eigenvalue weighted by molar-refractivity contribution is 7.89. The van der Waals surface area contributed by atoms with E-state index in [1.807, 2.05) is 25.1 Å². The number of hydrogen-bond donors (Lipinski definition) is 1. The van der Waals surface area contributed by atoms with E-state index in [4.69, 9.17) is 4.42 Å². The van der Waals surface area contributed by atoms with Crippen molar-refractivity contribution in [1.29, 1.82) is 0 Å². The highest BCUT2D eigenvalue weighted by atomic mass is 32.2. The van der Waals surface area contributed by atoms with Crippen LogP contribution in [0, 0.1) is 6.92 Å². The van der Waals surface area contributed by atoms with Crippen LogP contribution in [-0.2, 0) is 16.6 Å². The molecule has 0 spiro atoms. The topological polar surface area (TPSA) is 79.6 Å². The van der Waals surface area contributed by atoms with Gasteiger partial charge >= 0.3 is 0 Å². The van der Waals surface area contributed by atoms with Crippen molar-refractivity contribution in [2.75, 3.05) is 14.1 Å². The number of nitrogens with one attached hydrogen (secondary N) is 1. The van der Waals surface area contributed by atoms with Crippen LogP contribution in [0.15, 0.2) is 57.8 Å². The highest BCUT2D eigenvalue weighted by Crippen LogP contribution is 2.21. The first kappa shape index (κ1) is 18.2. The average molecular weight is 372 g/mol. The lowest BCUT2D eigenvalue weighted by Gasteiger charge is -2.15. The number of hydrogen-bond acceptors (Lipinski definition) is 4. The first-order valence-corrected chi connectivity index (χ1v) is 9.52. The number of furan rings is 1. The van der Waals surface area contributed by atoms with Crippen LogP contribution in [-0.4, -0.2) is 32.7 Å². The van der Waals surface area contributed by atoms with Gasteiger partial charge in [-0.25, -0.2) is 12.7 Å². The molecule has 0 atom stereocenters. The van der Waals surface area contributed by atoms with Gasteiger partial charge in [0.25, 0.3) is 5.91 Å². The molecule has 0 aliphatic heterocycles. The minimum absolute atomic E-state index is 0.0815. The van der Waals surface area contributed by atoms with Crippen LogP contribution in [0.4, 0.5) is 0 Å². The third kappa shape index (κ3) is 3.49. The van der Waals surface area contributed by atoms with Gasteiger partial charge in [-0.15, -0.1) is 0 Å². The summed E-state index contributed by atoms with van der Waals surface area (Å²) < 4.78 is 31.5. The van der Waals surface area contributed by atoms with Crippen molar-refractivity contribution in [3.8, 4) is 0 Å². The summed E-state index contributed by atoms with van der Waals surface area (Å²) in [5, 5.41) is 3.58. The molecular weight excluding hydrogens is 352 g/mol. The zero-order valence-corrected chi connectivity index (χ0v) is 15.6. The number of aryl methyl sites for hydroxylation is 1. The van der Waals surface area contributed by atoms with E-state index in [2.05, 4.69) is 5.32 Å². The summed E-state index contributed by atoms with van der Waals surface area (Å²) in [6, 6.07) is 14.0. The largest absolute Gasteiger partial charge is 0.451 e. The predicted octanol–water partition coefficient (Wildman–Crippen LogP) is 2.92. The Morgan fingerprint density at radius 2 is 1.85 bits per heavy atom. The summed E-state index contributed by atoms with van der Waals surface area (Å²) in [6.07, 6.45) is 0. The Morgan fingerprint density at radius 1 is 1.12 bits per heavy atom. The normalized spacial score (nSPS) is 11.8. The maximum Gasteiger partial charge on any atom is 0.287 e. The molecule has 0 aliphatic carbocycles. The molecule has 3 aromatic rings. The standard InChI is InChI=1S/C19H20N2O4S/c1-13-8-9-16-15(10-13)11-17(25-16)19(22)20-12-14-6-4-5-7-18(14)26(23,24)21(2)3/h4-11H,12H2,1-3H3,(H,20,22). The summed E-state index contributed by atoms with van der Waals surface area (Å²) in [4.78, 5) is 12.6. The number of nitrogens with zero attached hydrogens (tertiary/aromatic N) is 1. The molecule has 1 aromatic heterocycles. The van der Waals surface area contributed by atoms with Gasteiger partial charge in [0, 0.05) is 26.0 Å². The van der Waals surface area contributed by atoms with Crippen LogP contribution in [0.1, 0.15) is 21.7 Å². The molecule has 1 amide bonds. The highest BCUT2D eigenvalue weighted by Gasteiger charge is 2.21. The van der Waals surface area contributed by atoms with E-state index in [1.54, 1.807) is 24.3 Å². The second-order valence-electron chi connectivity index (χ2n) is 6.23. The molecule has 1 heterocycles. The lowest BCUT2D eigenvalue weighted by Crippen LogP contribution is -2.26. The molecular formula is C19H20N2O4S. The maximum atomic E-state index is 12.4. The summed E-state index contributed by atoms with van der Waals surface area (Å²) in [5.41, 5.74) is 2.23. The third-order valence-electron chi connectivity index (χ3n) is 4.07. The van der Waals surface area contributed by atoms with E-state index >= 15 is 0 Å². The van der Waals surface area contributed by atoms with Gasteiger partial charge in [-0.05, 0) is 36.8 Å².